The van der Waals surface area contributed by atoms with Crippen LogP contribution < -0.4 is 10.1 Å². The van der Waals surface area contributed by atoms with E-state index in [9.17, 15) is 4.79 Å². The second-order valence-electron chi connectivity index (χ2n) is 5.04. The minimum Gasteiger partial charge on any atom is -0.464 e. The molecule has 0 bridgehead atoms. The van der Waals surface area contributed by atoms with Crippen molar-refractivity contribution in [1.82, 2.24) is 19.9 Å². The zero-order valence-electron chi connectivity index (χ0n) is 12.7. The molecule has 0 aliphatic heterocycles. The van der Waals surface area contributed by atoms with Crippen LogP contribution in [0.2, 0.25) is 0 Å². The maximum Gasteiger partial charge on any atom is 0.415 e. The van der Waals surface area contributed by atoms with Gasteiger partial charge in [-0.3, -0.25) is 4.57 Å². The number of nitrogens with zero attached hydrogens (tertiary/aromatic N) is 3. The van der Waals surface area contributed by atoms with Crippen LogP contribution in [0, 0.1) is 0 Å². The van der Waals surface area contributed by atoms with Gasteiger partial charge >= 0.3 is 6.09 Å². The molecule has 0 atom stereocenters. The molecule has 1 aromatic carbocycles. The molecule has 124 valence electrons. The molecule has 0 spiro atoms. The van der Waals surface area contributed by atoms with Gasteiger partial charge in [0.1, 0.15) is 12.1 Å². The van der Waals surface area contributed by atoms with Crippen LogP contribution in [-0.2, 0) is 6.54 Å². The Morgan fingerprint density at radius 3 is 2.92 bits per heavy atom. The molecule has 0 fully saturated rings. The van der Waals surface area contributed by atoms with Crippen LogP contribution in [0.1, 0.15) is 5.69 Å². The third kappa shape index (κ3) is 3.50. The molecule has 0 aliphatic carbocycles. The second-order valence-corrected chi connectivity index (χ2v) is 5.04. The van der Waals surface area contributed by atoms with Crippen LogP contribution in [0.4, 0.5) is 4.79 Å². The van der Waals surface area contributed by atoms with E-state index in [0.29, 0.717) is 30.2 Å². The number of aromatic nitrogens is 3. The number of benzene rings is 1. The number of rotatable bonds is 6. The Morgan fingerprint density at radius 2 is 2.12 bits per heavy atom. The van der Waals surface area contributed by atoms with E-state index in [4.69, 9.17) is 14.9 Å². The summed E-state index contributed by atoms with van der Waals surface area (Å²) in [6.07, 6.45) is 1.87. The monoisotopic (exact) mass is 328 g/mol. The Bertz CT molecular complexity index is 862. The van der Waals surface area contributed by atoms with E-state index in [1.165, 1.54) is 12.5 Å². The summed E-state index contributed by atoms with van der Waals surface area (Å²) in [6.45, 7) is 1.04. The first-order chi connectivity index (χ1) is 11.7. The van der Waals surface area contributed by atoms with Gasteiger partial charge < -0.3 is 20.3 Å². The van der Waals surface area contributed by atoms with Crippen molar-refractivity contribution in [2.75, 3.05) is 13.2 Å². The molecular formula is C16H16N4O4. The van der Waals surface area contributed by atoms with Crippen molar-refractivity contribution in [1.29, 1.82) is 0 Å². The first-order valence-electron chi connectivity index (χ1n) is 7.32. The van der Waals surface area contributed by atoms with Crippen LogP contribution in [-0.4, -0.2) is 44.0 Å². The summed E-state index contributed by atoms with van der Waals surface area (Å²) in [7, 11) is 0. The molecule has 0 unspecified atom stereocenters. The number of carboxylic acid groups (broad SMARTS) is 1. The summed E-state index contributed by atoms with van der Waals surface area (Å²) >= 11 is 0. The number of fused-ring (bicyclic) bond motifs is 1. The molecule has 24 heavy (non-hydrogen) atoms. The van der Waals surface area contributed by atoms with E-state index < -0.39 is 6.09 Å². The van der Waals surface area contributed by atoms with Gasteiger partial charge in [0.15, 0.2) is 0 Å². The summed E-state index contributed by atoms with van der Waals surface area (Å²) < 4.78 is 6.87. The van der Waals surface area contributed by atoms with Crippen molar-refractivity contribution in [3.63, 3.8) is 0 Å². The van der Waals surface area contributed by atoms with Crippen molar-refractivity contribution >= 4 is 17.0 Å². The van der Waals surface area contributed by atoms with Gasteiger partial charge in [0.05, 0.1) is 17.8 Å². The lowest BCUT2D eigenvalue weighted by molar-refractivity contribution is 0.197. The molecule has 0 aliphatic rings. The number of hydrogen-bond acceptors (Lipinski definition) is 6. The van der Waals surface area contributed by atoms with Crippen molar-refractivity contribution in [2.24, 2.45) is 0 Å². The predicted octanol–water partition coefficient (Wildman–Crippen LogP) is 1.83. The third-order valence-corrected chi connectivity index (χ3v) is 3.38. The molecule has 3 N–H and O–H groups in total. The number of hydrogen-bond donors (Lipinski definition) is 3. The molecular weight excluding hydrogens is 312 g/mol. The van der Waals surface area contributed by atoms with Crippen LogP contribution in [0.25, 0.3) is 10.9 Å². The van der Waals surface area contributed by atoms with Crippen LogP contribution >= 0.6 is 0 Å². The molecule has 0 saturated heterocycles. The summed E-state index contributed by atoms with van der Waals surface area (Å²) in [5, 5.41) is 21.6. The highest BCUT2D eigenvalue weighted by Crippen LogP contribution is 2.25. The van der Waals surface area contributed by atoms with Crippen LogP contribution in [0.15, 0.2) is 42.9 Å². The largest absolute Gasteiger partial charge is 0.464 e. The SMILES string of the molecule is O=C(O)n1ccc2cc(Oc3cc(CNCCO)ncn3)ccc21. The molecule has 2 heterocycles. The van der Waals surface area contributed by atoms with Gasteiger partial charge in [-0.15, -0.1) is 0 Å². The fraction of sp³-hybridized carbons (Fsp3) is 0.188. The van der Waals surface area contributed by atoms with Crippen LogP contribution in [0.5, 0.6) is 11.6 Å². The van der Waals surface area contributed by atoms with E-state index >= 15 is 0 Å². The van der Waals surface area contributed by atoms with E-state index in [1.54, 1.807) is 30.3 Å². The molecule has 8 nitrogen and oxygen atoms in total. The normalized spacial score (nSPS) is 10.9. The van der Waals surface area contributed by atoms with E-state index in [2.05, 4.69) is 15.3 Å². The number of aliphatic hydroxyl groups is 1. The molecule has 8 heteroatoms. The Balaban J connectivity index is 1.77. The topological polar surface area (TPSA) is 110 Å². The average molecular weight is 328 g/mol. The molecule has 0 radical (unpaired) electrons. The van der Waals surface area contributed by atoms with Gasteiger partial charge in [-0.25, -0.2) is 14.8 Å². The van der Waals surface area contributed by atoms with Gasteiger partial charge in [0, 0.05) is 30.7 Å². The summed E-state index contributed by atoms with van der Waals surface area (Å²) in [5.74, 6) is 0.946. The minimum atomic E-state index is -1.03. The van der Waals surface area contributed by atoms with Gasteiger partial charge in [0.25, 0.3) is 0 Å². The van der Waals surface area contributed by atoms with E-state index in [1.807, 2.05) is 0 Å². The summed E-state index contributed by atoms with van der Waals surface area (Å²) in [6, 6.07) is 8.54. The molecule has 3 aromatic rings. The maximum atomic E-state index is 11.1. The first-order valence-corrected chi connectivity index (χ1v) is 7.32. The van der Waals surface area contributed by atoms with Crippen molar-refractivity contribution in [3.05, 3.63) is 48.5 Å². The highest BCUT2D eigenvalue weighted by Gasteiger charge is 2.08. The smallest absolute Gasteiger partial charge is 0.415 e. The van der Waals surface area contributed by atoms with Gasteiger partial charge in [-0.05, 0) is 24.3 Å². The summed E-state index contributed by atoms with van der Waals surface area (Å²) in [4.78, 5) is 19.3. The number of aliphatic hydroxyl groups excluding tert-OH is 1. The Morgan fingerprint density at radius 1 is 1.25 bits per heavy atom. The van der Waals surface area contributed by atoms with Crippen molar-refractivity contribution in [2.45, 2.75) is 6.54 Å². The zero-order valence-corrected chi connectivity index (χ0v) is 12.7. The zero-order chi connectivity index (χ0) is 16.9. The predicted molar refractivity (Wildman–Crippen MR) is 86.3 cm³/mol. The fourth-order valence-electron chi connectivity index (χ4n) is 2.30. The number of nitrogens with one attached hydrogen (secondary N) is 1. The second kappa shape index (κ2) is 7.07. The number of carbonyl (C=O) groups is 1. The van der Waals surface area contributed by atoms with Crippen molar-refractivity contribution < 1.29 is 19.7 Å². The molecule has 2 aromatic heterocycles. The van der Waals surface area contributed by atoms with Gasteiger partial charge in [-0.2, -0.15) is 0 Å². The van der Waals surface area contributed by atoms with Crippen LogP contribution in [0.3, 0.4) is 0 Å². The average Bonchev–Trinajstić information content (AvgIpc) is 2.99. The minimum absolute atomic E-state index is 0.0600. The van der Waals surface area contributed by atoms with Gasteiger partial charge in [-0.1, -0.05) is 0 Å². The lowest BCUT2D eigenvalue weighted by atomic mass is 10.2. The number of ether oxygens (including phenoxy) is 1. The lowest BCUT2D eigenvalue weighted by Crippen LogP contribution is -2.18. The summed E-state index contributed by atoms with van der Waals surface area (Å²) in [5.41, 5.74) is 1.33. The Labute approximate surface area is 137 Å². The standard InChI is InChI=1S/C16H16N4O4/c21-6-4-17-9-12-8-15(19-10-18-12)24-13-1-2-14-11(7-13)3-5-20(14)16(22)23/h1-3,5,7-8,10,17,21H,4,6,9H2,(H,22,23). The molecule has 0 saturated carbocycles. The maximum absolute atomic E-state index is 11.1. The lowest BCUT2D eigenvalue weighted by Gasteiger charge is -2.07. The van der Waals surface area contributed by atoms with Crippen molar-refractivity contribution in [3.8, 4) is 11.6 Å². The van der Waals surface area contributed by atoms with E-state index in [0.717, 1.165) is 15.6 Å². The Kier molecular flexibility index (Phi) is 4.69. The quantitative estimate of drug-likeness (QED) is 0.592. The molecule has 3 rings (SSSR count). The highest BCUT2D eigenvalue weighted by atomic mass is 16.5. The van der Waals surface area contributed by atoms with E-state index in [-0.39, 0.29) is 6.61 Å². The molecule has 0 amide bonds. The van der Waals surface area contributed by atoms with Gasteiger partial charge in [0.2, 0.25) is 5.88 Å². The fourth-order valence-corrected chi connectivity index (χ4v) is 2.30. The third-order valence-electron chi connectivity index (χ3n) is 3.38. The highest BCUT2D eigenvalue weighted by molar-refractivity contribution is 5.89. The first kappa shape index (κ1) is 15.9. The Hall–Kier alpha value is -2.97.